The minimum Gasteiger partial charge on any atom is -0.490 e. The van der Waals surface area contributed by atoms with Crippen molar-refractivity contribution in [2.24, 2.45) is 0 Å². The van der Waals surface area contributed by atoms with Crippen LogP contribution in [-0.4, -0.2) is 22.2 Å². The molecule has 126 valence electrons. The lowest BCUT2D eigenvalue weighted by atomic mass is 10.0. The lowest BCUT2D eigenvalue weighted by Gasteiger charge is -2.19. The van der Waals surface area contributed by atoms with Gasteiger partial charge >= 0.3 is 5.69 Å². The van der Waals surface area contributed by atoms with E-state index in [9.17, 15) is 4.79 Å². The van der Waals surface area contributed by atoms with Crippen molar-refractivity contribution in [1.29, 1.82) is 0 Å². The Morgan fingerprint density at radius 1 is 0.833 bits per heavy atom. The van der Waals surface area contributed by atoms with Gasteiger partial charge in [0.05, 0.1) is 28.8 Å². The van der Waals surface area contributed by atoms with Crippen molar-refractivity contribution in [2.45, 2.75) is 39.9 Å². The molecule has 3 aromatic rings. The van der Waals surface area contributed by atoms with Crippen molar-refractivity contribution in [2.75, 3.05) is 0 Å². The van der Waals surface area contributed by atoms with E-state index in [0.29, 0.717) is 0 Å². The molecule has 0 spiro atoms. The van der Waals surface area contributed by atoms with E-state index >= 15 is 0 Å². The average molecular weight is 326 g/mol. The quantitative estimate of drug-likeness (QED) is 0.742. The van der Waals surface area contributed by atoms with Crippen LogP contribution in [0.15, 0.2) is 41.2 Å². The number of nitrogens with one attached hydrogen (secondary N) is 2. The van der Waals surface area contributed by atoms with Gasteiger partial charge in [-0.05, 0) is 57.5 Å². The summed E-state index contributed by atoms with van der Waals surface area (Å²) in [4.78, 5) is 17.1. The summed E-state index contributed by atoms with van der Waals surface area (Å²) in [5.41, 5.74) is 3.14. The summed E-state index contributed by atoms with van der Waals surface area (Å²) in [7, 11) is 0. The van der Waals surface area contributed by atoms with E-state index in [0.717, 1.165) is 33.7 Å². The number of aromatic nitrogens is 2. The number of rotatable bonds is 5. The molecule has 0 aliphatic rings. The number of H-pyrrole nitrogens is 2. The average Bonchev–Trinajstić information content (AvgIpc) is 2.85. The molecule has 2 aromatic carbocycles. The summed E-state index contributed by atoms with van der Waals surface area (Å²) in [5, 5.41) is 0. The predicted molar refractivity (Wildman–Crippen MR) is 95.9 cm³/mol. The third kappa shape index (κ3) is 3.30. The van der Waals surface area contributed by atoms with Gasteiger partial charge in [0.15, 0.2) is 0 Å². The van der Waals surface area contributed by atoms with Crippen LogP contribution < -0.4 is 15.2 Å². The van der Waals surface area contributed by atoms with Gasteiger partial charge in [0.2, 0.25) is 0 Å². The highest BCUT2D eigenvalue weighted by Crippen LogP contribution is 2.40. The van der Waals surface area contributed by atoms with Crippen LogP contribution >= 0.6 is 0 Å². The zero-order chi connectivity index (χ0) is 17.3. The second kappa shape index (κ2) is 6.43. The van der Waals surface area contributed by atoms with E-state index in [1.54, 1.807) is 0 Å². The maximum Gasteiger partial charge on any atom is 0.323 e. The van der Waals surface area contributed by atoms with E-state index < -0.39 is 0 Å². The highest BCUT2D eigenvalue weighted by atomic mass is 16.5. The Hall–Kier alpha value is -2.69. The number of fused-ring (bicyclic) bond motifs is 1. The van der Waals surface area contributed by atoms with Gasteiger partial charge in [-0.2, -0.15) is 0 Å². The van der Waals surface area contributed by atoms with Gasteiger partial charge in [-0.15, -0.1) is 0 Å². The minimum absolute atomic E-state index is 0.0499. The van der Waals surface area contributed by atoms with Crippen molar-refractivity contribution in [1.82, 2.24) is 9.97 Å². The molecule has 5 nitrogen and oxygen atoms in total. The molecule has 0 fully saturated rings. The van der Waals surface area contributed by atoms with Crippen LogP contribution in [0.3, 0.4) is 0 Å². The standard InChI is InChI=1S/C19H22N2O3/c1-11(2)23-16-6-5-7-17(24-12(3)4)18(16)13-8-9-14-15(10-13)21-19(22)20-14/h5-12H,1-4H3,(H2,20,21,22). The molecule has 0 saturated heterocycles. The molecule has 24 heavy (non-hydrogen) atoms. The first-order chi connectivity index (χ1) is 11.4. The van der Waals surface area contributed by atoms with Gasteiger partial charge < -0.3 is 19.4 Å². The Morgan fingerprint density at radius 2 is 1.42 bits per heavy atom. The smallest absolute Gasteiger partial charge is 0.323 e. The lowest BCUT2D eigenvalue weighted by Crippen LogP contribution is -2.10. The Balaban J connectivity index is 2.18. The number of imidazole rings is 1. The first-order valence-corrected chi connectivity index (χ1v) is 8.13. The summed E-state index contributed by atoms with van der Waals surface area (Å²) in [5.74, 6) is 1.53. The molecule has 0 aliphatic heterocycles. The molecule has 0 amide bonds. The third-order valence-electron chi connectivity index (χ3n) is 3.52. The van der Waals surface area contributed by atoms with Crippen molar-refractivity contribution in [3.8, 4) is 22.6 Å². The Labute approximate surface area is 140 Å². The second-order valence-corrected chi connectivity index (χ2v) is 6.30. The Bertz CT molecular complexity index is 878. The van der Waals surface area contributed by atoms with Crippen molar-refractivity contribution >= 4 is 11.0 Å². The summed E-state index contributed by atoms with van der Waals surface area (Å²) in [6.07, 6.45) is 0.0997. The third-order valence-corrected chi connectivity index (χ3v) is 3.52. The summed E-state index contributed by atoms with van der Waals surface area (Å²) < 4.78 is 12.0. The van der Waals surface area contributed by atoms with Crippen molar-refractivity contribution in [3.63, 3.8) is 0 Å². The van der Waals surface area contributed by atoms with Crippen LogP contribution in [0, 0.1) is 0 Å². The zero-order valence-corrected chi connectivity index (χ0v) is 14.3. The molecular weight excluding hydrogens is 304 g/mol. The molecular formula is C19H22N2O3. The Kier molecular flexibility index (Phi) is 4.34. The molecule has 0 radical (unpaired) electrons. The molecule has 0 unspecified atom stereocenters. The zero-order valence-electron chi connectivity index (χ0n) is 14.3. The maximum atomic E-state index is 11.5. The fourth-order valence-corrected chi connectivity index (χ4v) is 2.69. The molecule has 2 N–H and O–H groups in total. The van der Waals surface area contributed by atoms with Crippen molar-refractivity contribution < 1.29 is 9.47 Å². The SMILES string of the molecule is CC(C)Oc1cccc(OC(C)C)c1-c1ccc2[nH]c(=O)[nH]c2c1. The highest BCUT2D eigenvalue weighted by molar-refractivity contribution is 5.85. The molecule has 0 saturated carbocycles. The number of benzene rings is 2. The van der Waals surface area contributed by atoms with Gasteiger partial charge in [0.1, 0.15) is 11.5 Å². The van der Waals surface area contributed by atoms with E-state index in [-0.39, 0.29) is 17.9 Å². The molecule has 1 aromatic heterocycles. The second-order valence-electron chi connectivity index (χ2n) is 6.30. The summed E-state index contributed by atoms with van der Waals surface area (Å²) >= 11 is 0. The van der Waals surface area contributed by atoms with Gasteiger partial charge in [-0.1, -0.05) is 12.1 Å². The maximum absolute atomic E-state index is 11.5. The van der Waals surface area contributed by atoms with E-state index in [1.165, 1.54) is 0 Å². The van der Waals surface area contributed by atoms with Gasteiger partial charge in [-0.25, -0.2) is 4.79 Å². The van der Waals surface area contributed by atoms with E-state index in [1.807, 2.05) is 64.1 Å². The monoisotopic (exact) mass is 326 g/mol. The van der Waals surface area contributed by atoms with E-state index in [4.69, 9.17) is 9.47 Å². The molecule has 0 aliphatic carbocycles. The summed E-state index contributed by atoms with van der Waals surface area (Å²) in [6.45, 7) is 7.97. The van der Waals surface area contributed by atoms with Crippen LogP contribution in [0.25, 0.3) is 22.2 Å². The molecule has 5 heteroatoms. The predicted octanol–water partition coefficient (Wildman–Crippen LogP) is 4.10. The number of ether oxygens (including phenoxy) is 2. The normalized spacial score (nSPS) is 11.4. The molecule has 1 heterocycles. The first kappa shape index (κ1) is 16.2. The minimum atomic E-state index is -0.215. The summed E-state index contributed by atoms with van der Waals surface area (Å²) in [6, 6.07) is 11.6. The van der Waals surface area contributed by atoms with Crippen LogP contribution in [0.2, 0.25) is 0 Å². The fraction of sp³-hybridized carbons (Fsp3) is 0.316. The Morgan fingerprint density at radius 3 is 2.00 bits per heavy atom. The molecule has 0 atom stereocenters. The first-order valence-electron chi connectivity index (χ1n) is 8.13. The van der Waals surface area contributed by atoms with Gasteiger partial charge in [0.25, 0.3) is 0 Å². The van der Waals surface area contributed by atoms with Crippen LogP contribution in [0.4, 0.5) is 0 Å². The molecule has 3 rings (SSSR count). The van der Waals surface area contributed by atoms with Crippen LogP contribution in [0.5, 0.6) is 11.5 Å². The topological polar surface area (TPSA) is 67.1 Å². The lowest BCUT2D eigenvalue weighted by molar-refractivity contribution is 0.231. The van der Waals surface area contributed by atoms with Gasteiger partial charge in [0, 0.05) is 0 Å². The van der Waals surface area contributed by atoms with Crippen LogP contribution in [-0.2, 0) is 0 Å². The fourth-order valence-electron chi connectivity index (χ4n) is 2.69. The van der Waals surface area contributed by atoms with E-state index in [2.05, 4.69) is 9.97 Å². The number of hydrogen-bond acceptors (Lipinski definition) is 3. The van der Waals surface area contributed by atoms with Crippen LogP contribution in [0.1, 0.15) is 27.7 Å². The molecule has 0 bridgehead atoms. The number of hydrogen-bond donors (Lipinski definition) is 2. The van der Waals surface area contributed by atoms with Crippen molar-refractivity contribution in [3.05, 3.63) is 46.9 Å². The largest absolute Gasteiger partial charge is 0.490 e. The highest BCUT2D eigenvalue weighted by Gasteiger charge is 2.16. The van der Waals surface area contributed by atoms with Gasteiger partial charge in [-0.3, -0.25) is 0 Å². The number of aromatic amines is 2.